The van der Waals surface area contributed by atoms with Crippen LogP contribution < -0.4 is 5.32 Å². The third kappa shape index (κ3) is 5.08. The highest BCUT2D eigenvalue weighted by Crippen LogP contribution is 2.15. The fraction of sp³-hybridized carbons (Fsp3) is 0.316. The maximum atomic E-state index is 12.1. The van der Waals surface area contributed by atoms with Crippen molar-refractivity contribution >= 4 is 17.5 Å². The van der Waals surface area contributed by atoms with Gasteiger partial charge in [-0.2, -0.15) is 0 Å². The Morgan fingerprint density at radius 3 is 2.22 bits per heavy atom. The lowest BCUT2D eigenvalue weighted by atomic mass is 10.1. The topological polar surface area (TPSA) is 32.3 Å². The predicted molar refractivity (Wildman–Crippen MR) is 95.7 cm³/mol. The molecule has 0 radical (unpaired) electrons. The zero-order chi connectivity index (χ0) is 16.7. The molecule has 122 valence electrons. The third-order valence-corrected chi connectivity index (χ3v) is 4.22. The third-order valence-electron chi connectivity index (χ3n) is 3.90. The largest absolute Gasteiger partial charge is 0.348 e. The standard InChI is InChI=1S/C19H23ClN2O/c1-3-22(4-2)14-16-11-9-15(10-12-16)13-21-19(23)17-7-5-6-8-18(17)20/h5-12H,3-4,13-14H2,1-2H3,(H,21,23). The molecule has 1 amide bonds. The second-order valence-corrected chi connectivity index (χ2v) is 5.85. The minimum atomic E-state index is -0.150. The van der Waals surface area contributed by atoms with Crippen LogP contribution in [0.4, 0.5) is 0 Å². The Kier molecular flexibility index (Phi) is 6.63. The van der Waals surface area contributed by atoms with Crippen LogP contribution in [0.2, 0.25) is 5.02 Å². The molecule has 0 bridgehead atoms. The molecular weight excluding hydrogens is 308 g/mol. The second kappa shape index (κ2) is 8.70. The Morgan fingerprint density at radius 1 is 1.00 bits per heavy atom. The number of amides is 1. The second-order valence-electron chi connectivity index (χ2n) is 5.44. The smallest absolute Gasteiger partial charge is 0.253 e. The summed E-state index contributed by atoms with van der Waals surface area (Å²) in [5.74, 6) is -0.150. The van der Waals surface area contributed by atoms with Crippen LogP contribution in [0.3, 0.4) is 0 Å². The quantitative estimate of drug-likeness (QED) is 0.828. The Labute approximate surface area is 143 Å². The van der Waals surface area contributed by atoms with Gasteiger partial charge in [-0.3, -0.25) is 9.69 Å². The highest BCUT2D eigenvalue weighted by molar-refractivity contribution is 6.33. The summed E-state index contributed by atoms with van der Waals surface area (Å²) >= 11 is 6.03. The van der Waals surface area contributed by atoms with Gasteiger partial charge in [0.15, 0.2) is 0 Å². The molecule has 23 heavy (non-hydrogen) atoms. The summed E-state index contributed by atoms with van der Waals surface area (Å²) in [5, 5.41) is 3.38. The molecule has 0 atom stereocenters. The Morgan fingerprint density at radius 2 is 1.61 bits per heavy atom. The van der Waals surface area contributed by atoms with E-state index < -0.39 is 0 Å². The van der Waals surface area contributed by atoms with Crippen molar-refractivity contribution < 1.29 is 4.79 Å². The van der Waals surface area contributed by atoms with E-state index in [1.165, 1.54) is 5.56 Å². The first-order chi connectivity index (χ1) is 11.1. The highest BCUT2D eigenvalue weighted by atomic mass is 35.5. The number of halogens is 1. The molecule has 3 nitrogen and oxygen atoms in total. The summed E-state index contributed by atoms with van der Waals surface area (Å²) in [4.78, 5) is 14.5. The molecule has 4 heteroatoms. The lowest BCUT2D eigenvalue weighted by molar-refractivity contribution is 0.0951. The van der Waals surface area contributed by atoms with E-state index in [0.29, 0.717) is 17.1 Å². The fourth-order valence-corrected chi connectivity index (χ4v) is 2.61. The van der Waals surface area contributed by atoms with Crippen LogP contribution in [0.5, 0.6) is 0 Å². The Hall–Kier alpha value is -1.84. The number of carbonyl (C=O) groups is 1. The van der Waals surface area contributed by atoms with E-state index in [4.69, 9.17) is 11.6 Å². The molecule has 2 rings (SSSR count). The van der Waals surface area contributed by atoms with Gasteiger partial charge in [-0.15, -0.1) is 0 Å². The molecular formula is C19H23ClN2O. The van der Waals surface area contributed by atoms with Gasteiger partial charge in [0.25, 0.3) is 5.91 Å². The van der Waals surface area contributed by atoms with E-state index in [2.05, 4.69) is 48.3 Å². The van der Waals surface area contributed by atoms with Crippen molar-refractivity contribution in [2.45, 2.75) is 26.9 Å². The molecule has 2 aromatic rings. The van der Waals surface area contributed by atoms with Gasteiger partial charge in [0.2, 0.25) is 0 Å². The van der Waals surface area contributed by atoms with Crippen LogP contribution >= 0.6 is 11.6 Å². The van der Waals surface area contributed by atoms with Gasteiger partial charge >= 0.3 is 0 Å². The normalized spacial score (nSPS) is 10.8. The van der Waals surface area contributed by atoms with Gasteiger partial charge in [-0.1, -0.05) is 61.8 Å². The molecule has 0 heterocycles. The van der Waals surface area contributed by atoms with Crippen molar-refractivity contribution in [3.63, 3.8) is 0 Å². The summed E-state index contributed by atoms with van der Waals surface area (Å²) < 4.78 is 0. The van der Waals surface area contributed by atoms with Crippen LogP contribution in [0.25, 0.3) is 0 Å². The van der Waals surface area contributed by atoms with E-state index in [0.717, 1.165) is 25.2 Å². The molecule has 0 aromatic heterocycles. The lowest BCUT2D eigenvalue weighted by Gasteiger charge is -2.18. The average molecular weight is 331 g/mol. The number of nitrogens with one attached hydrogen (secondary N) is 1. The van der Waals surface area contributed by atoms with Crippen molar-refractivity contribution in [1.29, 1.82) is 0 Å². The molecule has 0 saturated heterocycles. The molecule has 1 N–H and O–H groups in total. The molecule has 0 aliphatic carbocycles. The first-order valence-corrected chi connectivity index (χ1v) is 8.34. The van der Waals surface area contributed by atoms with Crippen LogP contribution in [0.1, 0.15) is 35.3 Å². The van der Waals surface area contributed by atoms with Crippen LogP contribution in [-0.4, -0.2) is 23.9 Å². The van der Waals surface area contributed by atoms with Crippen LogP contribution in [-0.2, 0) is 13.1 Å². The molecule has 0 aliphatic heterocycles. The highest BCUT2D eigenvalue weighted by Gasteiger charge is 2.09. The van der Waals surface area contributed by atoms with Gasteiger partial charge in [-0.05, 0) is 36.3 Å². The van der Waals surface area contributed by atoms with Gasteiger partial charge in [0.1, 0.15) is 0 Å². The summed E-state index contributed by atoms with van der Waals surface area (Å²) in [6.45, 7) is 7.89. The van der Waals surface area contributed by atoms with E-state index in [9.17, 15) is 4.79 Å². The molecule has 2 aromatic carbocycles. The van der Waals surface area contributed by atoms with Crippen LogP contribution in [0, 0.1) is 0 Å². The minimum absolute atomic E-state index is 0.150. The fourth-order valence-electron chi connectivity index (χ4n) is 2.39. The molecule has 0 unspecified atom stereocenters. The number of hydrogen-bond acceptors (Lipinski definition) is 2. The van der Waals surface area contributed by atoms with E-state index in [1.54, 1.807) is 12.1 Å². The number of nitrogens with zero attached hydrogens (tertiary/aromatic N) is 1. The monoisotopic (exact) mass is 330 g/mol. The average Bonchev–Trinajstić information content (AvgIpc) is 2.59. The number of carbonyl (C=O) groups excluding carboxylic acids is 1. The summed E-state index contributed by atoms with van der Waals surface area (Å²) in [6, 6.07) is 15.4. The summed E-state index contributed by atoms with van der Waals surface area (Å²) in [5.41, 5.74) is 2.87. The number of benzene rings is 2. The van der Waals surface area contributed by atoms with Gasteiger partial charge in [-0.25, -0.2) is 0 Å². The maximum Gasteiger partial charge on any atom is 0.253 e. The Balaban J connectivity index is 1.91. The van der Waals surface area contributed by atoms with Crippen molar-refractivity contribution in [2.24, 2.45) is 0 Å². The lowest BCUT2D eigenvalue weighted by Crippen LogP contribution is -2.23. The van der Waals surface area contributed by atoms with E-state index in [1.807, 2.05) is 12.1 Å². The molecule has 0 saturated carbocycles. The minimum Gasteiger partial charge on any atom is -0.348 e. The van der Waals surface area contributed by atoms with E-state index in [-0.39, 0.29) is 5.91 Å². The number of rotatable bonds is 7. The van der Waals surface area contributed by atoms with Gasteiger partial charge < -0.3 is 5.32 Å². The summed E-state index contributed by atoms with van der Waals surface area (Å²) in [6.07, 6.45) is 0. The zero-order valence-corrected chi connectivity index (χ0v) is 14.4. The first kappa shape index (κ1) is 17.5. The van der Waals surface area contributed by atoms with Gasteiger partial charge in [0, 0.05) is 13.1 Å². The van der Waals surface area contributed by atoms with Crippen LogP contribution in [0.15, 0.2) is 48.5 Å². The molecule has 0 spiro atoms. The molecule has 0 aliphatic rings. The summed E-state index contributed by atoms with van der Waals surface area (Å²) in [7, 11) is 0. The van der Waals surface area contributed by atoms with Crippen molar-refractivity contribution in [1.82, 2.24) is 10.2 Å². The van der Waals surface area contributed by atoms with Crippen molar-refractivity contribution in [3.8, 4) is 0 Å². The van der Waals surface area contributed by atoms with Crippen molar-refractivity contribution in [2.75, 3.05) is 13.1 Å². The Bertz CT molecular complexity index is 636. The zero-order valence-electron chi connectivity index (χ0n) is 13.7. The predicted octanol–water partition coefficient (Wildman–Crippen LogP) is 4.11. The first-order valence-electron chi connectivity index (χ1n) is 7.97. The van der Waals surface area contributed by atoms with Crippen molar-refractivity contribution in [3.05, 3.63) is 70.2 Å². The molecule has 0 fully saturated rings. The van der Waals surface area contributed by atoms with E-state index >= 15 is 0 Å². The SMILES string of the molecule is CCN(CC)Cc1ccc(CNC(=O)c2ccccc2Cl)cc1. The van der Waals surface area contributed by atoms with Gasteiger partial charge in [0.05, 0.1) is 10.6 Å². The maximum absolute atomic E-state index is 12.1. The number of hydrogen-bond donors (Lipinski definition) is 1.